The molecule has 0 atom stereocenters. The van der Waals surface area contributed by atoms with Gasteiger partial charge < -0.3 is 4.74 Å². The fourth-order valence-corrected chi connectivity index (χ4v) is 2.32. The molecular formula is C19H10F5NO2. The van der Waals surface area contributed by atoms with Gasteiger partial charge in [0.05, 0.1) is 11.4 Å². The third kappa shape index (κ3) is 3.46. The van der Waals surface area contributed by atoms with Crippen LogP contribution in [0.3, 0.4) is 0 Å². The average Bonchev–Trinajstić information content (AvgIpc) is 2.70. The lowest BCUT2D eigenvalue weighted by Crippen LogP contribution is -2.30. The molecule has 0 spiro atoms. The number of rotatable bonds is 3. The lowest BCUT2D eigenvalue weighted by molar-refractivity contribution is 0.203. The Kier molecular flexibility index (Phi) is 5.07. The number of ether oxygens (including phenoxy) is 1. The smallest absolute Gasteiger partial charge is 0.403 e. The minimum atomic E-state index is -2.34. The molecule has 0 bridgehead atoms. The second-order valence-electron chi connectivity index (χ2n) is 5.27. The molecule has 0 aliphatic rings. The first kappa shape index (κ1) is 18.4. The predicted octanol–water partition coefficient (Wildman–Crippen LogP) is 5.72. The van der Waals surface area contributed by atoms with Gasteiger partial charge in [0.2, 0.25) is 34.8 Å². The molecule has 3 aromatic carbocycles. The molecule has 3 aromatic rings. The quantitative estimate of drug-likeness (QED) is 0.331. The van der Waals surface area contributed by atoms with Crippen molar-refractivity contribution in [2.75, 3.05) is 4.90 Å². The summed E-state index contributed by atoms with van der Waals surface area (Å²) in [4.78, 5) is 13.5. The zero-order valence-electron chi connectivity index (χ0n) is 13.4. The highest BCUT2D eigenvalue weighted by molar-refractivity contribution is 5.97. The van der Waals surface area contributed by atoms with Crippen LogP contribution in [0.2, 0.25) is 0 Å². The molecule has 0 aromatic heterocycles. The van der Waals surface area contributed by atoms with E-state index in [0.717, 1.165) is 4.90 Å². The van der Waals surface area contributed by atoms with Crippen LogP contribution in [-0.2, 0) is 0 Å². The van der Waals surface area contributed by atoms with Crippen molar-refractivity contribution in [3.05, 3.63) is 89.7 Å². The third-order valence-electron chi connectivity index (χ3n) is 3.57. The summed E-state index contributed by atoms with van der Waals surface area (Å²) >= 11 is 0. The van der Waals surface area contributed by atoms with Crippen LogP contribution in [0.1, 0.15) is 0 Å². The Morgan fingerprint density at radius 1 is 0.630 bits per heavy atom. The number of carbonyl (C=O) groups is 1. The zero-order valence-corrected chi connectivity index (χ0v) is 13.4. The Labute approximate surface area is 150 Å². The number of hydrogen-bond donors (Lipinski definition) is 0. The average molecular weight is 379 g/mol. The maximum Gasteiger partial charge on any atom is 0.424 e. The summed E-state index contributed by atoms with van der Waals surface area (Å²) in [6, 6.07) is 15.7. The van der Waals surface area contributed by atoms with Gasteiger partial charge in [-0.1, -0.05) is 36.4 Å². The molecule has 0 aliphatic heterocycles. The maximum absolute atomic E-state index is 13.8. The first-order chi connectivity index (χ1) is 12.9. The van der Waals surface area contributed by atoms with E-state index >= 15 is 0 Å². The number of nitrogens with zero attached hydrogens (tertiary/aromatic N) is 1. The van der Waals surface area contributed by atoms with E-state index in [0.29, 0.717) is 0 Å². The Morgan fingerprint density at radius 3 is 1.41 bits per heavy atom. The van der Waals surface area contributed by atoms with Gasteiger partial charge in [0.1, 0.15) is 0 Å². The Balaban J connectivity index is 2.05. The molecule has 1 amide bonds. The first-order valence-corrected chi connectivity index (χ1v) is 7.55. The Morgan fingerprint density at radius 2 is 1.00 bits per heavy atom. The number of benzene rings is 3. The number of halogens is 5. The SMILES string of the molecule is O=C(Oc1c(F)c(F)c(F)c(F)c1F)N(c1ccccc1)c1ccccc1. The highest BCUT2D eigenvalue weighted by Crippen LogP contribution is 2.32. The summed E-state index contributed by atoms with van der Waals surface area (Å²) < 4.78 is 72.0. The number of amides is 1. The summed E-state index contributed by atoms with van der Waals surface area (Å²) in [5.74, 6) is -12.9. The monoisotopic (exact) mass is 379 g/mol. The molecule has 138 valence electrons. The fraction of sp³-hybridized carbons (Fsp3) is 0. The van der Waals surface area contributed by atoms with Crippen molar-refractivity contribution < 1.29 is 31.5 Å². The molecule has 27 heavy (non-hydrogen) atoms. The highest BCUT2D eigenvalue weighted by Gasteiger charge is 2.30. The lowest BCUT2D eigenvalue weighted by Gasteiger charge is -2.22. The van der Waals surface area contributed by atoms with Crippen molar-refractivity contribution in [2.24, 2.45) is 0 Å². The number of hydrogen-bond acceptors (Lipinski definition) is 2. The van der Waals surface area contributed by atoms with Crippen molar-refractivity contribution in [1.29, 1.82) is 0 Å². The summed E-state index contributed by atoms with van der Waals surface area (Å²) in [5, 5.41) is 0. The van der Waals surface area contributed by atoms with Crippen LogP contribution in [0.4, 0.5) is 38.1 Å². The summed E-state index contributed by atoms with van der Waals surface area (Å²) in [6.45, 7) is 0. The molecule has 0 fully saturated rings. The van der Waals surface area contributed by atoms with Gasteiger partial charge in [-0.05, 0) is 24.3 Å². The molecule has 0 unspecified atom stereocenters. The molecule has 8 heteroatoms. The van der Waals surface area contributed by atoms with Gasteiger partial charge in [-0.3, -0.25) is 0 Å². The van der Waals surface area contributed by atoms with Gasteiger partial charge >= 0.3 is 6.09 Å². The standard InChI is InChI=1S/C19H10F5NO2/c20-13-14(21)16(23)18(17(24)15(13)22)27-19(26)25(11-7-3-1-4-8-11)12-9-5-2-6-10-12/h1-10H. The molecule has 3 nitrogen and oxygen atoms in total. The molecule has 0 saturated carbocycles. The van der Waals surface area contributed by atoms with Gasteiger partial charge in [0.15, 0.2) is 0 Å². The Bertz CT molecular complexity index is 912. The third-order valence-corrected chi connectivity index (χ3v) is 3.57. The molecule has 0 heterocycles. The van der Waals surface area contributed by atoms with Crippen LogP contribution in [0.15, 0.2) is 60.7 Å². The summed E-state index contributed by atoms with van der Waals surface area (Å²) in [6.07, 6.45) is -1.35. The molecule has 0 N–H and O–H groups in total. The van der Waals surface area contributed by atoms with E-state index in [2.05, 4.69) is 4.74 Å². The van der Waals surface area contributed by atoms with Gasteiger partial charge in [-0.25, -0.2) is 22.9 Å². The molecule has 0 saturated heterocycles. The Hall–Kier alpha value is -3.42. The summed E-state index contributed by atoms with van der Waals surface area (Å²) in [7, 11) is 0. The lowest BCUT2D eigenvalue weighted by atomic mass is 10.2. The van der Waals surface area contributed by atoms with Gasteiger partial charge in [-0.15, -0.1) is 0 Å². The van der Waals surface area contributed by atoms with E-state index in [1.807, 2.05) is 0 Å². The minimum Gasteiger partial charge on any atom is -0.403 e. The molecule has 0 aliphatic carbocycles. The van der Waals surface area contributed by atoms with E-state index in [1.165, 1.54) is 24.3 Å². The van der Waals surface area contributed by atoms with Crippen LogP contribution in [0, 0.1) is 29.1 Å². The van der Waals surface area contributed by atoms with Gasteiger partial charge in [-0.2, -0.15) is 8.78 Å². The van der Waals surface area contributed by atoms with E-state index in [4.69, 9.17) is 0 Å². The second-order valence-corrected chi connectivity index (χ2v) is 5.27. The zero-order chi connectivity index (χ0) is 19.6. The van der Waals surface area contributed by atoms with Crippen molar-refractivity contribution in [3.8, 4) is 5.75 Å². The number of anilines is 2. The van der Waals surface area contributed by atoms with Crippen LogP contribution in [-0.4, -0.2) is 6.09 Å². The first-order valence-electron chi connectivity index (χ1n) is 7.55. The van der Waals surface area contributed by atoms with Crippen LogP contribution >= 0.6 is 0 Å². The second kappa shape index (κ2) is 7.45. The van der Waals surface area contributed by atoms with E-state index in [-0.39, 0.29) is 11.4 Å². The largest absolute Gasteiger partial charge is 0.424 e. The topological polar surface area (TPSA) is 29.5 Å². The molecule has 3 rings (SSSR count). The maximum atomic E-state index is 13.8. The fourth-order valence-electron chi connectivity index (χ4n) is 2.32. The van der Waals surface area contributed by atoms with Crippen molar-refractivity contribution in [3.63, 3.8) is 0 Å². The van der Waals surface area contributed by atoms with E-state index in [1.54, 1.807) is 36.4 Å². The van der Waals surface area contributed by atoms with Gasteiger partial charge in [0, 0.05) is 0 Å². The molecular weight excluding hydrogens is 369 g/mol. The van der Waals surface area contributed by atoms with Gasteiger partial charge in [0.25, 0.3) is 0 Å². The number of para-hydroxylation sites is 2. The predicted molar refractivity (Wildman–Crippen MR) is 87.3 cm³/mol. The van der Waals surface area contributed by atoms with Crippen LogP contribution in [0.25, 0.3) is 0 Å². The van der Waals surface area contributed by atoms with E-state index < -0.39 is 40.9 Å². The molecule has 0 radical (unpaired) electrons. The van der Waals surface area contributed by atoms with Crippen molar-refractivity contribution >= 4 is 17.5 Å². The van der Waals surface area contributed by atoms with Crippen LogP contribution in [0.5, 0.6) is 5.75 Å². The van der Waals surface area contributed by atoms with Crippen molar-refractivity contribution in [1.82, 2.24) is 0 Å². The minimum absolute atomic E-state index is 0.262. The number of carbonyl (C=O) groups excluding carboxylic acids is 1. The van der Waals surface area contributed by atoms with Crippen molar-refractivity contribution in [2.45, 2.75) is 0 Å². The highest BCUT2D eigenvalue weighted by atomic mass is 19.2. The summed E-state index contributed by atoms with van der Waals surface area (Å²) in [5.41, 5.74) is 0.523. The van der Waals surface area contributed by atoms with Crippen LogP contribution < -0.4 is 9.64 Å². The normalized spacial score (nSPS) is 10.6. The van der Waals surface area contributed by atoms with E-state index in [9.17, 15) is 26.7 Å².